The molecule has 6 rings (SSSR count). The molecule has 0 atom stereocenters. The molecule has 0 saturated heterocycles. The highest BCUT2D eigenvalue weighted by Crippen LogP contribution is 2.33. The number of aromatic nitrogens is 4. The van der Waals surface area contributed by atoms with Crippen LogP contribution in [0.25, 0.3) is 22.3 Å². The minimum atomic E-state index is -0.110. The van der Waals surface area contributed by atoms with Crippen molar-refractivity contribution < 1.29 is 14.0 Å². The monoisotopic (exact) mass is 516 g/mol. The molecule has 0 radical (unpaired) electrons. The Morgan fingerprint density at radius 1 is 0.972 bits per heavy atom. The van der Waals surface area contributed by atoms with Gasteiger partial charge in [-0.05, 0) is 60.4 Å². The molecule has 2 aromatic heterocycles. The first-order valence-corrected chi connectivity index (χ1v) is 13.4. The highest BCUT2D eigenvalue weighted by atomic mass is 32.2. The zero-order valence-corrected chi connectivity index (χ0v) is 20.8. The fourth-order valence-corrected chi connectivity index (χ4v) is 5.16. The molecule has 3 heterocycles. The van der Waals surface area contributed by atoms with E-state index in [0.717, 1.165) is 11.1 Å². The van der Waals surface area contributed by atoms with Gasteiger partial charge in [0.05, 0.1) is 23.2 Å². The molecule has 0 aliphatic carbocycles. The number of ether oxygens (including phenoxy) is 2. The molecule has 0 amide bonds. The lowest BCUT2D eigenvalue weighted by molar-refractivity contribution is 0.174. The van der Waals surface area contributed by atoms with Crippen molar-refractivity contribution in [3.05, 3.63) is 88.5 Å². The molecule has 5 aromatic rings. The predicted octanol–water partition coefficient (Wildman–Crippen LogP) is 5.24. The molecule has 0 N–H and O–H groups in total. The first kappa shape index (κ1) is 22.7. The predicted molar refractivity (Wildman–Crippen MR) is 139 cm³/mol. The van der Waals surface area contributed by atoms with Gasteiger partial charge in [0.15, 0.2) is 16.7 Å². The van der Waals surface area contributed by atoms with E-state index in [4.69, 9.17) is 19.0 Å². The molecule has 10 heteroatoms. The van der Waals surface area contributed by atoms with Crippen molar-refractivity contribution in [2.75, 3.05) is 13.0 Å². The largest absolute Gasteiger partial charge is 0.454 e. The lowest BCUT2D eigenvalue weighted by atomic mass is 10.2. The molecule has 0 unspecified atom stereocenters. The molecule has 180 valence electrons. The topological polar surface area (TPSA) is 92.3 Å². The number of nitrogens with zero attached hydrogens (tertiary/aromatic N) is 4. The summed E-state index contributed by atoms with van der Waals surface area (Å²) in [6.07, 6.45) is 2.03. The highest BCUT2D eigenvalue weighted by molar-refractivity contribution is 7.98. The summed E-state index contributed by atoms with van der Waals surface area (Å²) in [4.78, 5) is 23.9. The molecular weight excluding hydrogens is 496 g/mol. The van der Waals surface area contributed by atoms with E-state index in [-0.39, 0.29) is 12.4 Å². The van der Waals surface area contributed by atoms with E-state index in [1.165, 1.54) is 16.7 Å². The van der Waals surface area contributed by atoms with Crippen molar-refractivity contribution in [1.82, 2.24) is 19.7 Å². The Morgan fingerprint density at radius 3 is 2.67 bits per heavy atom. The van der Waals surface area contributed by atoms with Crippen LogP contribution in [0.1, 0.15) is 11.5 Å². The summed E-state index contributed by atoms with van der Waals surface area (Å²) in [5.74, 6) is 2.74. The molecule has 36 heavy (non-hydrogen) atoms. The van der Waals surface area contributed by atoms with Crippen molar-refractivity contribution in [3.63, 3.8) is 0 Å². The summed E-state index contributed by atoms with van der Waals surface area (Å²) < 4.78 is 18.1. The third kappa shape index (κ3) is 4.45. The lowest BCUT2D eigenvalue weighted by Gasteiger charge is -2.13. The van der Waals surface area contributed by atoms with E-state index >= 15 is 0 Å². The van der Waals surface area contributed by atoms with Gasteiger partial charge in [0.25, 0.3) is 5.56 Å². The van der Waals surface area contributed by atoms with Gasteiger partial charge in [0.2, 0.25) is 18.5 Å². The summed E-state index contributed by atoms with van der Waals surface area (Å²) in [6.45, 7) is 0.539. The number of para-hydroxylation sites is 1. The van der Waals surface area contributed by atoms with Crippen molar-refractivity contribution >= 4 is 34.4 Å². The third-order valence-electron chi connectivity index (χ3n) is 5.75. The summed E-state index contributed by atoms with van der Waals surface area (Å²) in [7, 11) is 0. The number of rotatable bonds is 7. The summed E-state index contributed by atoms with van der Waals surface area (Å²) in [5, 5.41) is 5.26. The zero-order chi connectivity index (χ0) is 24.5. The standard InChI is InChI=1S/C26H20N4O4S2/c1-35-18-9-7-17(8-10-18)24-28-23(34-29-24)14-36-26-27-20-5-3-2-4-19(20)25(31)30(26)13-16-6-11-21-22(12-16)33-15-32-21/h2-12H,13-15H2,1H3. The number of benzene rings is 3. The van der Waals surface area contributed by atoms with Gasteiger partial charge in [-0.15, -0.1) is 11.8 Å². The smallest absolute Gasteiger partial charge is 0.262 e. The quantitative estimate of drug-likeness (QED) is 0.213. The Labute approximate surface area is 214 Å². The van der Waals surface area contributed by atoms with Crippen LogP contribution in [0.4, 0.5) is 0 Å². The van der Waals surface area contributed by atoms with Crippen LogP contribution in [0.3, 0.4) is 0 Å². The second-order valence-corrected chi connectivity index (χ2v) is 9.84. The van der Waals surface area contributed by atoms with Gasteiger partial charge in [-0.3, -0.25) is 9.36 Å². The maximum atomic E-state index is 13.4. The van der Waals surface area contributed by atoms with Crippen LogP contribution in [0.15, 0.2) is 86.1 Å². The Balaban J connectivity index is 1.29. The van der Waals surface area contributed by atoms with Crippen molar-refractivity contribution in [2.45, 2.75) is 22.3 Å². The van der Waals surface area contributed by atoms with Gasteiger partial charge >= 0.3 is 0 Å². The van der Waals surface area contributed by atoms with Gasteiger partial charge in [0.1, 0.15) is 0 Å². The van der Waals surface area contributed by atoms with Gasteiger partial charge in [-0.1, -0.05) is 35.1 Å². The number of hydrogen-bond acceptors (Lipinski definition) is 9. The molecule has 0 fully saturated rings. The van der Waals surface area contributed by atoms with E-state index in [2.05, 4.69) is 10.1 Å². The van der Waals surface area contributed by atoms with Crippen LogP contribution >= 0.6 is 23.5 Å². The highest BCUT2D eigenvalue weighted by Gasteiger charge is 2.17. The number of hydrogen-bond donors (Lipinski definition) is 0. The first-order valence-electron chi connectivity index (χ1n) is 11.2. The van der Waals surface area contributed by atoms with Crippen molar-refractivity contribution in [3.8, 4) is 22.9 Å². The van der Waals surface area contributed by atoms with E-state index in [1.54, 1.807) is 22.4 Å². The number of fused-ring (bicyclic) bond motifs is 2. The summed E-state index contributed by atoms with van der Waals surface area (Å²) in [6, 6.07) is 21.0. The summed E-state index contributed by atoms with van der Waals surface area (Å²) >= 11 is 3.06. The Hall–Kier alpha value is -3.76. The van der Waals surface area contributed by atoms with Crippen LogP contribution in [-0.4, -0.2) is 32.7 Å². The molecule has 1 aliphatic heterocycles. The van der Waals surface area contributed by atoms with Crippen LogP contribution < -0.4 is 15.0 Å². The average molecular weight is 517 g/mol. The Morgan fingerprint density at radius 2 is 1.81 bits per heavy atom. The molecule has 1 aliphatic rings. The molecule has 8 nitrogen and oxygen atoms in total. The second-order valence-electron chi connectivity index (χ2n) is 8.02. The minimum absolute atomic E-state index is 0.110. The SMILES string of the molecule is CSc1ccc(-c2noc(CSc3nc4ccccc4c(=O)n3Cc3ccc4c(c3)OCO4)n2)cc1. The minimum Gasteiger partial charge on any atom is -0.454 e. The first-order chi connectivity index (χ1) is 17.7. The fourth-order valence-electron chi connectivity index (χ4n) is 3.92. The Kier molecular flexibility index (Phi) is 6.12. The van der Waals surface area contributed by atoms with Gasteiger partial charge in [-0.2, -0.15) is 4.98 Å². The lowest BCUT2D eigenvalue weighted by Crippen LogP contribution is -2.24. The zero-order valence-electron chi connectivity index (χ0n) is 19.2. The van der Waals surface area contributed by atoms with Crippen LogP contribution in [0.5, 0.6) is 11.5 Å². The van der Waals surface area contributed by atoms with Gasteiger partial charge in [0, 0.05) is 10.5 Å². The molecular formula is C26H20N4O4S2. The Bertz CT molecular complexity index is 1620. The second kappa shape index (κ2) is 9.71. The fraction of sp³-hybridized carbons (Fsp3) is 0.154. The van der Waals surface area contributed by atoms with Crippen LogP contribution in [0, 0.1) is 0 Å². The van der Waals surface area contributed by atoms with E-state index in [1.807, 2.05) is 66.9 Å². The summed E-state index contributed by atoms with van der Waals surface area (Å²) in [5.41, 5.74) is 2.33. The average Bonchev–Trinajstić information content (AvgIpc) is 3.59. The normalized spacial score (nSPS) is 12.4. The maximum absolute atomic E-state index is 13.4. The van der Waals surface area contributed by atoms with E-state index in [9.17, 15) is 4.79 Å². The van der Waals surface area contributed by atoms with Gasteiger partial charge < -0.3 is 14.0 Å². The molecule has 0 spiro atoms. The third-order valence-corrected chi connectivity index (χ3v) is 7.45. The van der Waals surface area contributed by atoms with Crippen molar-refractivity contribution in [2.24, 2.45) is 0 Å². The van der Waals surface area contributed by atoms with E-state index < -0.39 is 0 Å². The van der Waals surface area contributed by atoms with Gasteiger partial charge in [-0.25, -0.2) is 4.98 Å². The molecule has 0 bridgehead atoms. The van der Waals surface area contributed by atoms with E-state index in [0.29, 0.717) is 51.6 Å². The van der Waals surface area contributed by atoms with Crippen LogP contribution in [-0.2, 0) is 12.3 Å². The molecule has 3 aromatic carbocycles. The maximum Gasteiger partial charge on any atom is 0.262 e. The van der Waals surface area contributed by atoms with Crippen molar-refractivity contribution in [1.29, 1.82) is 0 Å². The molecule has 0 saturated carbocycles. The number of thioether (sulfide) groups is 2. The van der Waals surface area contributed by atoms with Crippen LogP contribution in [0.2, 0.25) is 0 Å².